The predicted octanol–water partition coefficient (Wildman–Crippen LogP) is 4.06. The van der Waals surface area contributed by atoms with Gasteiger partial charge in [-0.15, -0.1) is 0 Å². The molecule has 3 nitrogen and oxygen atoms in total. The number of hydrogen-bond donors (Lipinski definition) is 0. The third kappa shape index (κ3) is 1.49. The molecule has 0 aliphatic heterocycles. The van der Waals surface area contributed by atoms with Gasteiger partial charge in [0.2, 0.25) is 0 Å². The van der Waals surface area contributed by atoms with Crippen molar-refractivity contribution in [2.75, 3.05) is 0 Å². The van der Waals surface area contributed by atoms with Gasteiger partial charge in [0.15, 0.2) is 11.6 Å². The third-order valence-electron chi connectivity index (χ3n) is 2.06. The van der Waals surface area contributed by atoms with E-state index in [0.717, 1.165) is 6.07 Å². The zero-order valence-electron chi connectivity index (χ0n) is 7.48. The number of rotatable bonds is 1. The van der Waals surface area contributed by atoms with Crippen molar-refractivity contribution < 1.29 is 8.78 Å². The van der Waals surface area contributed by atoms with Crippen molar-refractivity contribution in [3.8, 4) is 0 Å². The molecule has 0 radical (unpaired) electrons. The zero-order valence-corrected chi connectivity index (χ0v) is 7.48. The number of nitrogens with zero attached hydrogens (tertiary/aromatic N) is 3. The number of azide groups is 1. The summed E-state index contributed by atoms with van der Waals surface area (Å²) in [5, 5.41) is 4.06. The Morgan fingerprint density at radius 1 is 1.20 bits per heavy atom. The molecule has 2 aromatic rings. The average molecular weight is 205 g/mol. The highest BCUT2D eigenvalue weighted by molar-refractivity contribution is 5.92. The fourth-order valence-electron chi connectivity index (χ4n) is 1.41. The summed E-state index contributed by atoms with van der Waals surface area (Å²) in [5.74, 6) is -2.14. The van der Waals surface area contributed by atoms with Crippen LogP contribution >= 0.6 is 0 Å². The van der Waals surface area contributed by atoms with Gasteiger partial charge in [0.25, 0.3) is 0 Å². The second kappa shape index (κ2) is 3.55. The lowest BCUT2D eigenvalue weighted by Gasteiger charge is -2.03. The lowest BCUT2D eigenvalue weighted by molar-refractivity contribution is 0.512. The summed E-state index contributed by atoms with van der Waals surface area (Å²) in [6.07, 6.45) is 0. The van der Waals surface area contributed by atoms with Crippen LogP contribution in [-0.4, -0.2) is 0 Å². The lowest BCUT2D eigenvalue weighted by atomic mass is 10.1. The van der Waals surface area contributed by atoms with Gasteiger partial charge in [-0.3, -0.25) is 0 Å². The molecule has 0 aliphatic carbocycles. The molecule has 0 atom stereocenters. The minimum absolute atomic E-state index is 0.298. The largest absolute Gasteiger partial charge is 0.204 e. The Morgan fingerprint density at radius 2 is 1.93 bits per heavy atom. The van der Waals surface area contributed by atoms with Crippen LogP contribution in [0.25, 0.3) is 21.2 Å². The highest BCUT2D eigenvalue weighted by atomic mass is 19.2. The van der Waals surface area contributed by atoms with Crippen LogP contribution in [-0.2, 0) is 0 Å². The van der Waals surface area contributed by atoms with Crippen LogP contribution in [0.1, 0.15) is 0 Å². The van der Waals surface area contributed by atoms with Crippen LogP contribution in [0.15, 0.2) is 35.4 Å². The molecule has 5 heteroatoms. The molecule has 74 valence electrons. The molecule has 0 unspecified atom stereocenters. The van der Waals surface area contributed by atoms with Gasteiger partial charge in [-0.1, -0.05) is 29.4 Å². The van der Waals surface area contributed by atoms with Crippen molar-refractivity contribution in [2.45, 2.75) is 0 Å². The quantitative estimate of drug-likeness (QED) is 0.383. The summed E-state index contributed by atoms with van der Waals surface area (Å²) < 4.78 is 26.4. The zero-order chi connectivity index (χ0) is 10.8. The van der Waals surface area contributed by atoms with E-state index in [-0.39, 0.29) is 5.69 Å². The maximum absolute atomic E-state index is 13.3. The maximum Gasteiger partial charge on any atom is 0.169 e. The first-order chi connectivity index (χ1) is 7.24. The number of hydrogen-bond acceptors (Lipinski definition) is 1. The Hall–Kier alpha value is -2.13. The molecule has 2 rings (SSSR count). The van der Waals surface area contributed by atoms with Crippen molar-refractivity contribution >= 4 is 16.5 Å². The normalized spacial score (nSPS) is 10.0. The van der Waals surface area contributed by atoms with Gasteiger partial charge in [0.05, 0.1) is 5.69 Å². The molecule has 0 fully saturated rings. The summed E-state index contributed by atoms with van der Waals surface area (Å²) in [6, 6.07) is 7.62. The highest BCUT2D eigenvalue weighted by Gasteiger charge is 2.11. The molecule has 0 N–H and O–H groups in total. The fourth-order valence-corrected chi connectivity index (χ4v) is 1.41. The second-order valence-corrected chi connectivity index (χ2v) is 2.93. The van der Waals surface area contributed by atoms with Gasteiger partial charge in [-0.25, -0.2) is 8.78 Å². The summed E-state index contributed by atoms with van der Waals surface area (Å²) in [4.78, 5) is 2.48. The van der Waals surface area contributed by atoms with Gasteiger partial charge in [-0.05, 0) is 22.4 Å². The summed E-state index contributed by atoms with van der Waals surface area (Å²) in [5.41, 5.74) is 7.97. The first-order valence-electron chi connectivity index (χ1n) is 4.16. The molecule has 0 aromatic heterocycles. The Kier molecular flexibility index (Phi) is 2.23. The van der Waals surface area contributed by atoms with E-state index in [1.165, 1.54) is 0 Å². The van der Waals surface area contributed by atoms with E-state index in [2.05, 4.69) is 10.0 Å². The van der Waals surface area contributed by atoms with Crippen LogP contribution < -0.4 is 0 Å². The number of halogens is 2. The first-order valence-corrected chi connectivity index (χ1v) is 4.16. The molecular weight excluding hydrogens is 200 g/mol. The SMILES string of the molecule is [N-]=[N+]=Nc1c(F)c(F)cc2ccccc12. The summed E-state index contributed by atoms with van der Waals surface area (Å²) in [6.45, 7) is 0. The molecular formula is C10H5F2N3. The molecule has 0 saturated carbocycles. The van der Waals surface area contributed by atoms with Crippen molar-refractivity contribution in [3.05, 3.63) is 52.4 Å². The summed E-state index contributed by atoms with van der Waals surface area (Å²) >= 11 is 0. The van der Waals surface area contributed by atoms with E-state index in [1.54, 1.807) is 24.3 Å². The molecule has 2 aromatic carbocycles. The van der Waals surface area contributed by atoms with Crippen LogP contribution in [0.4, 0.5) is 14.5 Å². The van der Waals surface area contributed by atoms with Crippen LogP contribution in [0.3, 0.4) is 0 Å². The second-order valence-electron chi connectivity index (χ2n) is 2.93. The molecule has 15 heavy (non-hydrogen) atoms. The van der Waals surface area contributed by atoms with E-state index >= 15 is 0 Å². The van der Waals surface area contributed by atoms with E-state index in [9.17, 15) is 8.78 Å². The van der Waals surface area contributed by atoms with Crippen LogP contribution in [0.2, 0.25) is 0 Å². The number of benzene rings is 2. The molecule has 0 heterocycles. The molecule has 0 amide bonds. The van der Waals surface area contributed by atoms with E-state index < -0.39 is 11.6 Å². The minimum atomic E-state index is -1.12. The Bertz CT molecular complexity index is 574. The minimum Gasteiger partial charge on any atom is -0.204 e. The van der Waals surface area contributed by atoms with E-state index in [0.29, 0.717) is 10.8 Å². The Labute approximate surface area is 83.6 Å². The van der Waals surface area contributed by atoms with Crippen LogP contribution in [0, 0.1) is 11.6 Å². The maximum atomic E-state index is 13.3. The van der Waals surface area contributed by atoms with E-state index in [1.807, 2.05) is 0 Å². The Balaban J connectivity index is 2.95. The number of fused-ring (bicyclic) bond motifs is 1. The molecule has 0 bridgehead atoms. The topological polar surface area (TPSA) is 48.8 Å². The summed E-state index contributed by atoms with van der Waals surface area (Å²) in [7, 11) is 0. The fraction of sp³-hybridized carbons (Fsp3) is 0. The molecule has 0 aliphatic rings. The first kappa shape index (κ1) is 9.43. The van der Waals surface area contributed by atoms with Gasteiger partial charge in [0.1, 0.15) is 0 Å². The van der Waals surface area contributed by atoms with Gasteiger partial charge >= 0.3 is 0 Å². The van der Waals surface area contributed by atoms with Crippen molar-refractivity contribution in [1.29, 1.82) is 0 Å². The standard InChI is InChI=1S/C10H5F2N3/c11-8-5-6-3-1-2-4-7(6)10(9(8)12)14-15-13/h1-5H. The van der Waals surface area contributed by atoms with Gasteiger partial charge in [-0.2, -0.15) is 0 Å². The molecule has 0 spiro atoms. The van der Waals surface area contributed by atoms with E-state index in [4.69, 9.17) is 5.53 Å². The molecule has 0 saturated heterocycles. The van der Waals surface area contributed by atoms with Crippen molar-refractivity contribution in [3.63, 3.8) is 0 Å². The van der Waals surface area contributed by atoms with Crippen molar-refractivity contribution in [2.24, 2.45) is 5.11 Å². The van der Waals surface area contributed by atoms with Gasteiger partial charge < -0.3 is 0 Å². The Morgan fingerprint density at radius 3 is 2.67 bits per heavy atom. The van der Waals surface area contributed by atoms with Crippen LogP contribution in [0.5, 0.6) is 0 Å². The lowest BCUT2D eigenvalue weighted by Crippen LogP contribution is -1.85. The average Bonchev–Trinajstić information content (AvgIpc) is 2.25. The van der Waals surface area contributed by atoms with Gasteiger partial charge in [0, 0.05) is 4.91 Å². The third-order valence-corrected chi connectivity index (χ3v) is 2.06. The predicted molar refractivity (Wildman–Crippen MR) is 52.7 cm³/mol. The smallest absolute Gasteiger partial charge is 0.169 e. The monoisotopic (exact) mass is 205 g/mol. The highest BCUT2D eigenvalue weighted by Crippen LogP contribution is 2.31. The van der Waals surface area contributed by atoms with Crippen molar-refractivity contribution in [1.82, 2.24) is 0 Å².